The van der Waals surface area contributed by atoms with Crippen molar-refractivity contribution in [2.24, 2.45) is 0 Å². The zero-order chi connectivity index (χ0) is 19.5. The molecule has 0 spiro atoms. The highest BCUT2D eigenvalue weighted by molar-refractivity contribution is 5.87. The van der Waals surface area contributed by atoms with Gasteiger partial charge in [0.05, 0.1) is 6.54 Å². The lowest BCUT2D eigenvalue weighted by Crippen LogP contribution is -2.28. The third-order valence-electron chi connectivity index (χ3n) is 5.27. The molecule has 3 aromatic carbocycles. The van der Waals surface area contributed by atoms with E-state index in [1.54, 1.807) is 0 Å². The summed E-state index contributed by atoms with van der Waals surface area (Å²) >= 11 is 0. The molecule has 0 saturated heterocycles. The summed E-state index contributed by atoms with van der Waals surface area (Å²) in [6.45, 7) is 4.21. The minimum Gasteiger partial charge on any atom is -0.465 e. The van der Waals surface area contributed by atoms with E-state index in [0.717, 1.165) is 30.8 Å². The zero-order valence-electron chi connectivity index (χ0n) is 16.0. The van der Waals surface area contributed by atoms with Gasteiger partial charge >= 0.3 is 6.09 Å². The Morgan fingerprint density at radius 2 is 1.75 bits per heavy atom. The van der Waals surface area contributed by atoms with Gasteiger partial charge in [-0.25, -0.2) is 4.79 Å². The fraction of sp³-hybridized carbons (Fsp3) is 0.208. The molecule has 1 aliphatic rings. The van der Waals surface area contributed by atoms with E-state index in [-0.39, 0.29) is 0 Å². The van der Waals surface area contributed by atoms with Crippen molar-refractivity contribution in [1.82, 2.24) is 0 Å². The molecule has 28 heavy (non-hydrogen) atoms. The minimum atomic E-state index is -0.931. The summed E-state index contributed by atoms with van der Waals surface area (Å²) in [5.74, 6) is 0. The van der Waals surface area contributed by atoms with Crippen molar-refractivity contribution < 1.29 is 9.90 Å². The largest absolute Gasteiger partial charge is 0.465 e. The Bertz CT molecular complexity index is 968. The van der Waals surface area contributed by atoms with E-state index in [1.807, 2.05) is 49.4 Å². The maximum absolute atomic E-state index is 11.9. The van der Waals surface area contributed by atoms with Crippen molar-refractivity contribution >= 4 is 17.5 Å². The molecule has 1 amide bonds. The molecule has 0 saturated carbocycles. The predicted octanol–water partition coefficient (Wildman–Crippen LogP) is 5.24. The maximum Gasteiger partial charge on any atom is 0.412 e. The second-order valence-electron chi connectivity index (χ2n) is 7.32. The molecule has 3 aromatic rings. The Labute approximate surface area is 165 Å². The molecular formula is C24H24N2O2. The van der Waals surface area contributed by atoms with E-state index < -0.39 is 6.09 Å². The van der Waals surface area contributed by atoms with Crippen LogP contribution < -0.4 is 9.80 Å². The first-order chi connectivity index (χ1) is 13.6. The number of rotatable bonds is 5. The molecule has 0 fully saturated rings. The number of carbonyl (C=O) groups is 1. The molecular weight excluding hydrogens is 348 g/mol. The SMILES string of the molecule is Cc1ccc(CN(C(=O)O)c2ccc3c(c2)CCN3Cc2ccccc2)cc1. The van der Waals surface area contributed by atoms with Crippen LogP contribution in [0, 0.1) is 6.92 Å². The number of carboxylic acid groups (broad SMARTS) is 1. The quantitative estimate of drug-likeness (QED) is 0.666. The van der Waals surface area contributed by atoms with E-state index >= 15 is 0 Å². The van der Waals surface area contributed by atoms with E-state index in [1.165, 1.54) is 27.3 Å². The van der Waals surface area contributed by atoms with Gasteiger partial charge in [0.15, 0.2) is 0 Å². The van der Waals surface area contributed by atoms with Gasteiger partial charge in [0.1, 0.15) is 0 Å². The zero-order valence-corrected chi connectivity index (χ0v) is 16.0. The Hall–Kier alpha value is -3.27. The summed E-state index contributed by atoms with van der Waals surface area (Å²) in [6.07, 6.45) is 0.00762. The van der Waals surface area contributed by atoms with Crippen LogP contribution in [0.3, 0.4) is 0 Å². The molecule has 1 N–H and O–H groups in total. The fourth-order valence-corrected chi connectivity index (χ4v) is 3.74. The van der Waals surface area contributed by atoms with E-state index in [2.05, 4.69) is 35.2 Å². The topological polar surface area (TPSA) is 43.8 Å². The molecule has 4 rings (SSSR count). The average molecular weight is 372 g/mol. The normalized spacial score (nSPS) is 12.7. The number of aryl methyl sites for hydroxylation is 1. The number of amides is 1. The van der Waals surface area contributed by atoms with Gasteiger partial charge in [-0.05, 0) is 48.2 Å². The van der Waals surface area contributed by atoms with Gasteiger partial charge in [-0.2, -0.15) is 0 Å². The van der Waals surface area contributed by atoms with Crippen LogP contribution in [0.25, 0.3) is 0 Å². The highest BCUT2D eigenvalue weighted by Crippen LogP contribution is 2.33. The lowest BCUT2D eigenvalue weighted by molar-refractivity contribution is 0.201. The van der Waals surface area contributed by atoms with Crippen LogP contribution in [0.5, 0.6) is 0 Å². The van der Waals surface area contributed by atoms with Gasteiger partial charge < -0.3 is 10.0 Å². The molecule has 0 aliphatic carbocycles. The van der Waals surface area contributed by atoms with Crippen LogP contribution >= 0.6 is 0 Å². The molecule has 0 bridgehead atoms. The first kappa shape index (κ1) is 18.1. The Kier molecular flexibility index (Phi) is 5.02. The smallest absolute Gasteiger partial charge is 0.412 e. The number of nitrogens with zero attached hydrogens (tertiary/aromatic N) is 2. The van der Waals surface area contributed by atoms with E-state index in [4.69, 9.17) is 0 Å². The Morgan fingerprint density at radius 3 is 2.46 bits per heavy atom. The predicted molar refractivity (Wildman–Crippen MR) is 113 cm³/mol. The highest BCUT2D eigenvalue weighted by atomic mass is 16.4. The molecule has 0 unspecified atom stereocenters. The van der Waals surface area contributed by atoms with Gasteiger partial charge in [0.25, 0.3) is 0 Å². The van der Waals surface area contributed by atoms with Crippen molar-refractivity contribution in [2.45, 2.75) is 26.4 Å². The summed E-state index contributed by atoms with van der Waals surface area (Å²) in [4.78, 5) is 15.7. The van der Waals surface area contributed by atoms with Gasteiger partial charge in [0.2, 0.25) is 0 Å². The summed E-state index contributed by atoms with van der Waals surface area (Å²) in [5, 5.41) is 9.75. The van der Waals surface area contributed by atoms with Gasteiger partial charge in [-0.15, -0.1) is 0 Å². The van der Waals surface area contributed by atoms with Gasteiger partial charge in [0, 0.05) is 24.5 Å². The second-order valence-corrected chi connectivity index (χ2v) is 7.32. The average Bonchev–Trinajstić information content (AvgIpc) is 3.10. The number of benzene rings is 3. The van der Waals surface area contributed by atoms with Crippen molar-refractivity contribution in [3.05, 3.63) is 95.1 Å². The maximum atomic E-state index is 11.9. The van der Waals surface area contributed by atoms with Crippen LogP contribution in [0.1, 0.15) is 22.3 Å². The molecule has 0 aromatic heterocycles. The molecule has 142 valence electrons. The summed E-state index contributed by atoms with van der Waals surface area (Å²) in [6, 6.07) is 24.4. The van der Waals surface area contributed by atoms with Crippen LogP contribution in [-0.4, -0.2) is 17.7 Å². The molecule has 0 radical (unpaired) electrons. The van der Waals surface area contributed by atoms with Crippen molar-refractivity contribution in [2.75, 3.05) is 16.3 Å². The lowest BCUT2D eigenvalue weighted by atomic mass is 10.1. The van der Waals surface area contributed by atoms with Crippen molar-refractivity contribution in [3.63, 3.8) is 0 Å². The number of anilines is 2. The molecule has 0 atom stereocenters. The number of fused-ring (bicyclic) bond motifs is 1. The summed E-state index contributed by atoms with van der Waals surface area (Å²) in [7, 11) is 0. The minimum absolute atomic E-state index is 0.349. The van der Waals surface area contributed by atoms with E-state index in [9.17, 15) is 9.90 Å². The number of hydrogen-bond donors (Lipinski definition) is 1. The Morgan fingerprint density at radius 1 is 1.00 bits per heavy atom. The van der Waals surface area contributed by atoms with E-state index in [0.29, 0.717) is 6.54 Å². The third kappa shape index (κ3) is 3.86. The molecule has 4 nitrogen and oxygen atoms in total. The van der Waals surface area contributed by atoms with Crippen LogP contribution in [0.15, 0.2) is 72.8 Å². The third-order valence-corrected chi connectivity index (χ3v) is 5.27. The summed E-state index contributed by atoms with van der Waals surface area (Å²) < 4.78 is 0. The second kappa shape index (κ2) is 7.77. The van der Waals surface area contributed by atoms with Crippen LogP contribution in [0.2, 0.25) is 0 Å². The lowest BCUT2D eigenvalue weighted by Gasteiger charge is -2.22. The standard InChI is InChI=1S/C24H24N2O2/c1-18-7-9-20(10-8-18)17-26(24(27)28)22-11-12-23-21(15-22)13-14-25(23)16-19-5-3-2-4-6-19/h2-12,15H,13-14,16-17H2,1H3,(H,27,28). The number of hydrogen-bond acceptors (Lipinski definition) is 2. The monoisotopic (exact) mass is 372 g/mol. The molecule has 1 heterocycles. The van der Waals surface area contributed by atoms with Gasteiger partial charge in [-0.1, -0.05) is 60.2 Å². The fourth-order valence-electron chi connectivity index (χ4n) is 3.74. The van der Waals surface area contributed by atoms with Gasteiger partial charge in [-0.3, -0.25) is 4.90 Å². The molecule has 1 aliphatic heterocycles. The van der Waals surface area contributed by atoms with Crippen molar-refractivity contribution in [1.29, 1.82) is 0 Å². The van der Waals surface area contributed by atoms with Crippen molar-refractivity contribution in [3.8, 4) is 0 Å². The first-order valence-corrected chi connectivity index (χ1v) is 9.58. The Balaban J connectivity index is 1.55. The van der Waals surface area contributed by atoms with Crippen LogP contribution in [0.4, 0.5) is 16.2 Å². The molecule has 4 heteroatoms. The van der Waals surface area contributed by atoms with Crippen LogP contribution in [-0.2, 0) is 19.5 Å². The highest BCUT2D eigenvalue weighted by Gasteiger charge is 2.22. The first-order valence-electron chi connectivity index (χ1n) is 9.58. The summed E-state index contributed by atoms with van der Waals surface area (Å²) in [5.41, 5.74) is 6.58.